The maximum Gasteiger partial charge on any atom is 0.154 e. The molecule has 1 aromatic rings. The molecule has 1 fully saturated rings. The number of aryl methyl sites for hydroxylation is 1. The summed E-state index contributed by atoms with van der Waals surface area (Å²) in [7, 11) is 0. The Morgan fingerprint density at radius 1 is 1.07 bits per heavy atom. The second kappa shape index (κ2) is 17.6. The van der Waals surface area contributed by atoms with Crippen molar-refractivity contribution in [3.8, 4) is 0 Å². The highest BCUT2D eigenvalue weighted by atomic mass is 16.7. The summed E-state index contributed by atoms with van der Waals surface area (Å²) >= 11 is 0. The summed E-state index contributed by atoms with van der Waals surface area (Å²) in [5.74, 6) is 1.83. The van der Waals surface area contributed by atoms with Gasteiger partial charge in [0.05, 0.1) is 0 Å². The molecule has 2 unspecified atom stereocenters. The van der Waals surface area contributed by atoms with Gasteiger partial charge in [-0.15, -0.1) is 13.2 Å². The van der Waals surface area contributed by atoms with Gasteiger partial charge < -0.3 is 9.47 Å². The minimum atomic E-state index is -0.0370. The minimum absolute atomic E-state index is 0.0370. The first kappa shape index (κ1) is 26.6. The standard InChI is InChI=1S/C17H24O.C6H14O2.C2H4/c1-2-14-6-5-7-15(12-14)10-11-16-8-3-4-9-17(16)13-18;1-4-7-6(3)8-5-2;1-2/h3-4,8-9,13-15H,2,5-7,10-12H2,1H3;6H,4-5H2,1-3H3;1-2H2. The van der Waals surface area contributed by atoms with Crippen LogP contribution in [0.3, 0.4) is 0 Å². The highest BCUT2D eigenvalue weighted by Gasteiger charge is 2.20. The summed E-state index contributed by atoms with van der Waals surface area (Å²) in [5, 5.41) is 0. The molecule has 0 amide bonds. The zero-order valence-electron chi connectivity index (χ0n) is 18.6. The van der Waals surface area contributed by atoms with E-state index in [0.29, 0.717) is 0 Å². The Kier molecular flexibility index (Phi) is 16.7. The summed E-state index contributed by atoms with van der Waals surface area (Å²) in [6.45, 7) is 15.6. The fourth-order valence-corrected chi connectivity index (χ4v) is 3.79. The summed E-state index contributed by atoms with van der Waals surface area (Å²) in [4.78, 5) is 11.0. The lowest BCUT2D eigenvalue weighted by atomic mass is 9.78. The summed E-state index contributed by atoms with van der Waals surface area (Å²) in [6, 6.07) is 8.01. The van der Waals surface area contributed by atoms with Crippen LogP contribution in [0.1, 0.15) is 82.1 Å². The lowest BCUT2D eigenvalue weighted by Gasteiger charge is -2.28. The number of hydrogen-bond donors (Lipinski definition) is 0. The summed E-state index contributed by atoms with van der Waals surface area (Å²) in [5.41, 5.74) is 2.10. The molecule has 0 bridgehead atoms. The number of aldehydes is 1. The molecule has 0 heterocycles. The fourth-order valence-electron chi connectivity index (χ4n) is 3.79. The molecule has 0 radical (unpaired) electrons. The topological polar surface area (TPSA) is 35.5 Å². The van der Waals surface area contributed by atoms with E-state index in [4.69, 9.17) is 9.47 Å². The van der Waals surface area contributed by atoms with Crippen molar-refractivity contribution in [1.29, 1.82) is 0 Å². The molecule has 0 spiro atoms. The van der Waals surface area contributed by atoms with E-state index in [9.17, 15) is 4.79 Å². The largest absolute Gasteiger partial charge is 0.353 e. The van der Waals surface area contributed by atoms with Crippen molar-refractivity contribution in [3.63, 3.8) is 0 Å². The van der Waals surface area contributed by atoms with Gasteiger partial charge in [-0.1, -0.05) is 56.9 Å². The lowest BCUT2D eigenvalue weighted by Crippen LogP contribution is -2.15. The molecule has 0 aliphatic heterocycles. The SMILES string of the molecule is C=C.CCC1CCCC(CCc2ccccc2C=O)C1.CCOC(C)OCC. The maximum absolute atomic E-state index is 11.0. The van der Waals surface area contributed by atoms with Gasteiger partial charge >= 0.3 is 0 Å². The first-order valence-corrected chi connectivity index (χ1v) is 10.9. The van der Waals surface area contributed by atoms with E-state index < -0.39 is 0 Å². The van der Waals surface area contributed by atoms with Gasteiger partial charge in [-0.3, -0.25) is 4.79 Å². The van der Waals surface area contributed by atoms with E-state index in [1.54, 1.807) is 0 Å². The first-order chi connectivity index (χ1) is 13.6. The average molecular weight is 391 g/mol. The van der Waals surface area contributed by atoms with E-state index in [1.165, 1.54) is 44.1 Å². The molecule has 1 aliphatic carbocycles. The van der Waals surface area contributed by atoms with Gasteiger partial charge in [0.25, 0.3) is 0 Å². The Hall–Kier alpha value is -1.45. The van der Waals surface area contributed by atoms with E-state index in [2.05, 4.69) is 26.1 Å². The molecule has 0 saturated heterocycles. The van der Waals surface area contributed by atoms with Gasteiger partial charge in [0, 0.05) is 18.8 Å². The van der Waals surface area contributed by atoms with Gasteiger partial charge in [-0.25, -0.2) is 0 Å². The monoisotopic (exact) mass is 390 g/mol. The van der Waals surface area contributed by atoms with Gasteiger partial charge in [-0.2, -0.15) is 0 Å². The molecular formula is C25H42O3. The Morgan fingerprint density at radius 2 is 1.68 bits per heavy atom. The molecule has 0 aromatic heterocycles. The number of hydrogen-bond acceptors (Lipinski definition) is 3. The molecule has 28 heavy (non-hydrogen) atoms. The van der Waals surface area contributed by atoms with Gasteiger partial charge in [-0.05, 0) is 57.4 Å². The Balaban J connectivity index is 0.000000618. The van der Waals surface area contributed by atoms with Crippen molar-refractivity contribution < 1.29 is 14.3 Å². The van der Waals surface area contributed by atoms with Crippen LogP contribution in [-0.2, 0) is 15.9 Å². The van der Waals surface area contributed by atoms with Gasteiger partial charge in [0.15, 0.2) is 6.29 Å². The van der Waals surface area contributed by atoms with Crippen molar-refractivity contribution in [1.82, 2.24) is 0 Å². The van der Waals surface area contributed by atoms with Crippen LogP contribution in [0.5, 0.6) is 0 Å². The number of carbonyl (C=O) groups excluding carboxylic acids is 1. The Morgan fingerprint density at radius 3 is 2.25 bits per heavy atom. The van der Waals surface area contributed by atoms with Crippen LogP contribution in [0, 0.1) is 11.8 Å². The van der Waals surface area contributed by atoms with Crippen LogP contribution in [0.4, 0.5) is 0 Å². The van der Waals surface area contributed by atoms with Gasteiger partial charge in [0.2, 0.25) is 0 Å². The van der Waals surface area contributed by atoms with Crippen LogP contribution in [0.25, 0.3) is 0 Å². The molecule has 2 rings (SSSR count). The number of rotatable bonds is 9. The van der Waals surface area contributed by atoms with E-state index in [-0.39, 0.29) is 6.29 Å². The zero-order chi connectivity index (χ0) is 21.2. The number of ether oxygens (including phenoxy) is 2. The lowest BCUT2D eigenvalue weighted by molar-refractivity contribution is -0.123. The van der Waals surface area contributed by atoms with Crippen molar-refractivity contribution >= 4 is 6.29 Å². The van der Waals surface area contributed by atoms with Crippen LogP contribution in [0.15, 0.2) is 37.4 Å². The Labute approximate surface area is 173 Å². The molecular weight excluding hydrogens is 348 g/mol. The minimum Gasteiger partial charge on any atom is -0.353 e. The van der Waals surface area contributed by atoms with E-state index in [0.717, 1.165) is 43.3 Å². The first-order valence-electron chi connectivity index (χ1n) is 10.9. The quantitative estimate of drug-likeness (QED) is 0.262. The normalized spacial score (nSPS) is 18.5. The fraction of sp³-hybridized carbons (Fsp3) is 0.640. The van der Waals surface area contributed by atoms with Crippen molar-refractivity contribution in [3.05, 3.63) is 48.6 Å². The maximum atomic E-state index is 11.0. The molecule has 1 aromatic carbocycles. The second-order valence-electron chi connectivity index (χ2n) is 7.14. The smallest absolute Gasteiger partial charge is 0.154 e. The summed E-state index contributed by atoms with van der Waals surface area (Å²) < 4.78 is 10.1. The second-order valence-corrected chi connectivity index (χ2v) is 7.14. The zero-order valence-corrected chi connectivity index (χ0v) is 18.6. The molecule has 1 saturated carbocycles. The number of benzene rings is 1. The highest BCUT2D eigenvalue weighted by Crippen LogP contribution is 2.33. The van der Waals surface area contributed by atoms with Crippen molar-refractivity contribution in [2.24, 2.45) is 11.8 Å². The number of carbonyl (C=O) groups is 1. The molecule has 0 N–H and O–H groups in total. The molecule has 3 heteroatoms. The van der Waals surface area contributed by atoms with E-state index in [1.807, 2.05) is 39.0 Å². The van der Waals surface area contributed by atoms with Crippen LogP contribution < -0.4 is 0 Å². The van der Waals surface area contributed by atoms with Gasteiger partial charge in [0.1, 0.15) is 6.29 Å². The summed E-state index contributed by atoms with van der Waals surface area (Å²) in [6.07, 6.45) is 10.2. The molecule has 160 valence electrons. The Bertz CT molecular complexity index is 494. The molecule has 3 nitrogen and oxygen atoms in total. The van der Waals surface area contributed by atoms with Crippen LogP contribution in [-0.4, -0.2) is 25.8 Å². The van der Waals surface area contributed by atoms with Crippen LogP contribution in [0.2, 0.25) is 0 Å². The third kappa shape index (κ3) is 11.4. The third-order valence-corrected chi connectivity index (χ3v) is 5.28. The molecule has 2 atom stereocenters. The predicted molar refractivity (Wildman–Crippen MR) is 120 cm³/mol. The predicted octanol–water partition coefficient (Wildman–Crippen LogP) is 6.86. The molecule has 1 aliphatic rings. The highest BCUT2D eigenvalue weighted by molar-refractivity contribution is 5.77. The van der Waals surface area contributed by atoms with Crippen molar-refractivity contribution in [2.75, 3.05) is 13.2 Å². The average Bonchev–Trinajstić information content (AvgIpc) is 2.75. The van der Waals surface area contributed by atoms with Crippen LogP contribution >= 0.6 is 0 Å². The van der Waals surface area contributed by atoms with E-state index >= 15 is 0 Å². The third-order valence-electron chi connectivity index (χ3n) is 5.28. The van der Waals surface area contributed by atoms with Crippen molar-refractivity contribution in [2.45, 2.75) is 78.9 Å².